The molecule has 3 N–H and O–H groups in total. The van der Waals surface area contributed by atoms with Crippen molar-refractivity contribution < 1.29 is 0 Å². The molecule has 0 fully saturated rings. The highest BCUT2D eigenvalue weighted by molar-refractivity contribution is 5.47. The van der Waals surface area contributed by atoms with Gasteiger partial charge in [0.2, 0.25) is 0 Å². The number of nitrogens with two attached hydrogens (primary N) is 1. The second-order valence-electron chi connectivity index (χ2n) is 4.39. The molecule has 0 radical (unpaired) electrons. The van der Waals surface area contributed by atoms with E-state index in [1.807, 2.05) is 13.0 Å². The Morgan fingerprint density at radius 3 is 3.13 bits per heavy atom. The van der Waals surface area contributed by atoms with E-state index in [1.54, 1.807) is 0 Å². The highest BCUT2D eigenvalue weighted by Crippen LogP contribution is 2.32. The molecule has 0 saturated heterocycles. The number of nitrogen functional groups attached to an aromatic ring is 1. The quantitative estimate of drug-likeness (QED) is 0.583. The van der Waals surface area contributed by atoms with Crippen molar-refractivity contribution >= 4 is 5.69 Å². The van der Waals surface area contributed by atoms with Crippen LogP contribution in [0.25, 0.3) is 0 Å². The lowest BCUT2D eigenvalue weighted by atomic mass is 10.1. The van der Waals surface area contributed by atoms with Gasteiger partial charge >= 0.3 is 0 Å². The van der Waals surface area contributed by atoms with Gasteiger partial charge < -0.3 is 11.1 Å². The molecule has 1 unspecified atom stereocenters. The molecular formula is C13H18N2. The fourth-order valence-electron chi connectivity index (χ4n) is 2.15. The first kappa shape index (κ1) is 10.2. The van der Waals surface area contributed by atoms with Crippen LogP contribution < -0.4 is 11.1 Å². The Bertz CT molecular complexity index is 382. The van der Waals surface area contributed by atoms with Crippen LogP contribution in [0, 0.1) is 0 Å². The van der Waals surface area contributed by atoms with E-state index < -0.39 is 0 Å². The Hall–Kier alpha value is -1.28. The molecule has 2 heteroatoms. The molecule has 15 heavy (non-hydrogen) atoms. The second-order valence-corrected chi connectivity index (χ2v) is 4.39. The van der Waals surface area contributed by atoms with E-state index >= 15 is 0 Å². The minimum Gasteiger partial charge on any atom is -0.399 e. The molecule has 2 rings (SSSR count). The number of hydrogen-bond acceptors (Lipinski definition) is 2. The lowest BCUT2D eigenvalue weighted by Crippen LogP contribution is -2.20. The monoisotopic (exact) mass is 202 g/mol. The number of rotatable bonds is 3. The van der Waals surface area contributed by atoms with E-state index in [9.17, 15) is 0 Å². The largest absolute Gasteiger partial charge is 0.399 e. The number of nitrogens with one attached hydrogen (secondary N) is 1. The predicted molar refractivity (Wildman–Crippen MR) is 64.7 cm³/mol. The zero-order chi connectivity index (χ0) is 10.8. The van der Waals surface area contributed by atoms with E-state index in [0.29, 0.717) is 6.04 Å². The van der Waals surface area contributed by atoms with Crippen LogP contribution in [0.1, 0.15) is 30.5 Å². The van der Waals surface area contributed by atoms with Crippen molar-refractivity contribution in [2.75, 3.05) is 12.3 Å². The number of fused-ring (bicyclic) bond motifs is 1. The van der Waals surface area contributed by atoms with Gasteiger partial charge in [0, 0.05) is 18.3 Å². The number of benzene rings is 1. The minimum absolute atomic E-state index is 0.484. The van der Waals surface area contributed by atoms with Gasteiger partial charge in [-0.3, -0.25) is 0 Å². The average molecular weight is 202 g/mol. The van der Waals surface area contributed by atoms with Gasteiger partial charge in [0.25, 0.3) is 0 Å². The first-order chi connectivity index (χ1) is 7.16. The van der Waals surface area contributed by atoms with Crippen molar-refractivity contribution in [1.82, 2.24) is 5.32 Å². The van der Waals surface area contributed by atoms with Crippen LogP contribution >= 0.6 is 0 Å². The van der Waals surface area contributed by atoms with Crippen molar-refractivity contribution in [2.24, 2.45) is 0 Å². The zero-order valence-electron chi connectivity index (χ0n) is 9.22. The van der Waals surface area contributed by atoms with Gasteiger partial charge in [-0.25, -0.2) is 0 Å². The maximum absolute atomic E-state index is 5.76. The number of aryl methyl sites for hydroxylation is 1. The second kappa shape index (κ2) is 4.07. The third kappa shape index (κ3) is 2.21. The smallest absolute Gasteiger partial charge is 0.0329 e. The molecule has 0 spiro atoms. The lowest BCUT2D eigenvalue weighted by Gasteiger charge is -2.13. The topological polar surface area (TPSA) is 38.0 Å². The van der Waals surface area contributed by atoms with E-state index in [4.69, 9.17) is 5.73 Å². The van der Waals surface area contributed by atoms with Crippen molar-refractivity contribution in [3.63, 3.8) is 0 Å². The molecule has 0 bridgehead atoms. The molecular weight excluding hydrogens is 184 g/mol. The summed E-state index contributed by atoms with van der Waals surface area (Å²) < 4.78 is 0. The molecule has 0 heterocycles. The molecule has 80 valence electrons. The first-order valence-corrected chi connectivity index (χ1v) is 5.43. The Kier molecular flexibility index (Phi) is 2.78. The predicted octanol–water partition coefficient (Wildman–Crippen LogP) is 2.42. The number of hydrogen-bond donors (Lipinski definition) is 2. The van der Waals surface area contributed by atoms with Crippen LogP contribution in [0.4, 0.5) is 5.69 Å². The van der Waals surface area contributed by atoms with E-state index in [-0.39, 0.29) is 0 Å². The zero-order valence-corrected chi connectivity index (χ0v) is 9.22. The summed E-state index contributed by atoms with van der Waals surface area (Å²) in [4.78, 5) is 0. The molecule has 1 atom stereocenters. The van der Waals surface area contributed by atoms with Gasteiger partial charge in [-0.2, -0.15) is 0 Å². The van der Waals surface area contributed by atoms with E-state index in [1.165, 1.54) is 23.1 Å². The summed E-state index contributed by atoms with van der Waals surface area (Å²) in [6, 6.07) is 6.71. The summed E-state index contributed by atoms with van der Waals surface area (Å²) in [5.74, 6) is 0. The van der Waals surface area contributed by atoms with Crippen LogP contribution in [0.5, 0.6) is 0 Å². The van der Waals surface area contributed by atoms with Crippen LogP contribution in [0.3, 0.4) is 0 Å². The van der Waals surface area contributed by atoms with Gasteiger partial charge in [0.1, 0.15) is 0 Å². The van der Waals surface area contributed by atoms with Crippen molar-refractivity contribution in [1.29, 1.82) is 0 Å². The Morgan fingerprint density at radius 1 is 1.60 bits per heavy atom. The maximum Gasteiger partial charge on any atom is 0.0329 e. The molecule has 1 aliphatic rings. The van der Waals surface area contributed by atoms with Crippen LogP contribution in [0.2, 0.25) is 0 Å². The highest BCUT2D eigenvalue weighted by Gasteiger charge is 2.21. The van der Waals surface area contributed by atoms with Crippen LogP contribution in [-0.2, 0) is 6.42 Å². The average Bonchev–Trinajstić information content (AvgIpc) is 2.57. The normalized spacial score (nSPS) is 18.9. The van der Waals surface area contributed by atoms with Crippen molar-refractivity contribution in [3.05, 3.63) is 41.5 Å². The number of anilines is 1. The van der Waals surface area contributed by atoms with E-state index in [0.717, 1.165) is 18.7 Å². The molecule has 0 saturated carbocycles. The van der Waals surface area contributed by atoms with Gasteiger partial charge in [0.05, 0.1) is 0 Å². The highest BCUT2D eigenvalue weighted by atomic mass is 14.9. The van der Waals surface area contributed by atoms with Gasteiger partial charge in [-0.1, -0.05) is 18.2 Å². The molecule has 0 aliphatic heterocycles. The minimum atomic E-state index is 0.484. The fourth-order valence-corrected chi connectivity index (χ4v) is 2.15. The first-order valence-electron chi connectivity index (χ1n) is 5.43. The molecule has 1 aliphatic carbocycles. The third-order valence-corrected chi connectivity index (χ3v) is 2.90. The van der Waals surface area contributed by atoms with Crippen molar-refractivity contribution in [2.45, 2.75) is 25.8 Å². The lowest BCUT2D eigenvalue weighted by molar-refractivity contribution is 0.557. The standard InChI is InChI=1S/C13H18N2/c1-9(2)8-15-13-6-3-10-7-11(14)4-5-12(10)13/h4-5,7,13,15H,1,3,6,8,14H2,2H3. The summed E-state index contributed by atoms with van der Waals surface area (Å²) in [6.07, 6.45) is 2.31. The fraction of sp³-hybridized carbons (Fsp3) is 0.385. The molecule has 1 aromatic carbocycles. The van der Waals surface area contributed by atoms with Crippen LogP contribution in [0.15, 0.2) is 30.4 Å². The Balaban J connectivity index is 2.11. The summed E-state index contributed by atoms with van der Waals surface area (Å²) in [6.45, 7) is 6.85. The molecule has 0 aromatic heterocycles. The Morgan fingerprint density at radius 2 is 2.40 bits per heavy atom. The third-order valence-electron chi connectivity index (χ3n) is 2.90. The van der Waals surface area contributed by atoms with Crippen molar-refractivity contribution in [3.8, 4) is 0 Å². The summed E-state index contributed by atoms with van der Waals surface area (Å²) in [5.41, 5.74) is 10.6. The maximum atomic E-state index is 5.76. The molecule has 0 amide bonds. The van der Waals surface area contributed by atoms with Gasteiger partial charge in [-0.05, 0) is 43.0 Å². The van der Waals surface area contributed by atoms with E-state index in [2.05, 4.69) is 24.0 Å². The molecule has 2 nitrogen and oxygen atoms in total. The summed E-state index contributed by atoms with van der Waals surface area (Å²) >= 11 is 0. The molecule has 1 aromatic rings. The van der Waals surface area contributed by atoms with Crippen LogP contribution in [-0.4, -0.2) is 6.54 Å². The van der Waals surface area contributed by atoms with Gasteiger partial charge in [-0.15, -0.1) is 0 Å². The summed E-state index contributed by atoms with van der Waals surface area (Å²) in [5, 5.41) is 3.52. The van der Waals surface area contributed by atoms with Gasteiger partial charge in [0.15, 0.2) is 0 Å². The SMILES string of the molecule is C=C(C)CNC1CCc2cc(N)ccc21. The summed E-state index contributed by atoms with van der Waals surface area (Å²) in [7, 11) is 0. The Labute approximate surface area is 91.2 Å².